The lowest BCUT2D eigenvalue weighted by Gasteiger charge is -2.00. The molecule has 5 heteroatoms. The largest absolute Gasteiger partial charge is 0.397 e. The van der Waals surface area contributed by atoms with E-state index in [1.807, 2.05) is 61.5 Å². The van der Waals surface area contributed by atoms with E-state index >= 15 is 0 Å². The van der Waals surface area contributed by atoms with Crippen molar-refractivity contribution in [3.63, 3.8) is 0 Å². The third-order valence-corrected chi connectivity index (χ3v) is 3.12. The molecule has 2 aromatic carbocycles. The minimum absolute atomic E-state index is 0.621. The number of hydrogen-bond acceptors (Lipinski definition) is 4. The predicted molar refractivity (Wildman–Crippen MR) is 100.0 cm³/mol. The Morgan fingerprint density at radius 3 is 2.33 bits per heavy atom. The molecule has 124 valence electrons. The minimum Gasteiger partial charge on any atom is -0.397 e. The van der Waals surface area contributed by atoms with Crippen LogP contribution in [0, 0.1) is 0 Å². The van der Waals surface area contributed by atoms with Gasteiger partial charge in [-0.2, -0.15) is 0 Å². The molecule has 0 radical (unpaired) electrons. The van der Waals surface area contributed by atoms with Gasteiger partial charge in [-0.25, -0.2) is 0 Å². The van der Waals surface area contributed by atoms with Gasteiger partial charge in [0.1, 0.15) is 6.61 Å². The van der Waals surface area contributed by atoms with E-state index in [9.17, 15) is 0 Å². The van der Waals surface area contributed by atoms with E-state index in [4.69, 9.17) is 16.3 Å². The first kappa shape index (κ1) is 17.1. The smallest absolute Gasteiger partial charge is 0.114 e. The van der Waals surface area contributed by atoms with Crippen LogP contribution in [0.15, 0.2) is 67.0 Å². The molecule has 4 N–H and O–H groups in total. The second-order valence-electron chi connectivity index (χ2n) is 4.96. The molecule has 0 atom stereocenters. The molecule has 0 aliphatic rings. The molecule has 0 bridgehead atoms. The van der Waals surface area contributed by atoms with E-state index in [-0.39, 0.29) is 0 Å². The zero-order chi connectivity index (χ0) is 17.2. The van der Waals surface area contributed by atoms with E-state index in [1.165, 1.54) is 4.85 Å². The number of rotatable bonds is 4. The van der Waals surface area contributed by atoms with Gasteiger partial charge >= 0.3 is 0 Å². The Bertz CT molecular complexity index is 752. The second-order valence-corrected chi connectivity index (χ2v) is 4.96. The molecule has 1 heterocycles. The SMILES string of the molecule is CCOn1cccn1.Nc1ccc(C=Cc2ccccc2)cc1N. The van der Waals surface area contributed by atoms with Crippen molar-refractivity contribution in [2.75, 3.05) is 18.1 Å². The van der Waals surface area contributed by atoms with Crippen LogP contribution in [0.5, 0.6) is 0 Å². The number of aromatic nitrogens is 2. The summed E-state index contributed by atoms with van der Waals surface area (Å²) in [6.45, 7) is 2.57. The van der Waals surface area contributed by atoms with Crippen molar-refractivity contribution >= 4 is 23.5 Å². The summed E-state index contributed by atoms with van der Waals surface area (Å²) in [7, 11) is 0. The van der Waals surface area contributed by atoms with Crippen molar-refractivity contribution in [1.82, 2.24) is 9.94 Å². The summed E-state index contributed by atoms with van der Waals surface area (Å²) in [4.78, 5) is 6.38. The van der Waals surface area contributed by atoms with Crippen LogP contribution in [-0.2, 0) is 0 Å². The molecule has 0 saturated heterocycles. The summed E-state index contributed by atoms with van der Waals surface area (Å²) in [5, 5.41) is 3.80. The molecule has 3 aromatic rings. The molecule has 0 aliphatic carbocycles. The topological polar surface area (TPSA) is 79.1 Å². The normalized spacial score (nSPS) is 10.2. The standard InChI is InChI=1S/C14H14N2.C5H8N2O/c15-13-9-8-12(10-14(13)16)7-6-11-4-2-1-3-5-11;1-2-8-7-5-3-4-6-7/h1-10H,15-16H2;3-5H,2H2,1H3. The van der Waals surface area contributed by atoms with Crippen molar-refractivity contribution in [1.29, 1.82) is 0 Å². The van der Waals surface area contributed by atoms with Gasteiger partial charge in [0.25, 0.3) is 0 Å². The maximum atomic E-state index is 5.73. The summed E-state index contributed by atoms with van der Waals surface area (Å²) in [5.41, 5.74) is 14.8. The van der Waals surface area contributed by atoms with Crippen LogP contribution in [0.1, 0.15) is 18.1 Å². The summed E-state index contributed by atoms with van der Waals surface area (Å²) < 4.78 is 0. The van der Waals surface area contributed by atoms with Gasteiger partial charge in [-0.05, 0) is 36.2 Å². The van der Waals surface area contributed by atoms with E-state index < -0.39 is 0 Å². The van der Waals surface area contributed by atoms with Crippen molar-refractivity contribution in [2.45, 2.75) is 6.92 Å². The van der Waals surface area contributed by atoms with Gasteiger partial charge in [0.05, 0.1) is 23.8 Å². The number of benzene rings is 2. The zero-order valence-electron chi connectivity index (χ0n) is 13.7. The van der Waals surface area contributed by atoms with Crippen molar-refractivity contribution < 1.29 is 4.84 Å². The number of nitrogens with two attached hydrogens (primary N) is 2. The van der Waals surface area contributed by atoms with Crippen molar-refractivity contribution in [2.24, 2.45) is 0 Å². The Hall–Kier alpha value is -3.21. The highest BCUT2D eigenvalue weighted by Crippen LogP contribution is 2.17. The van der Waals surface area contributed by atoms with Crippen molar-refractivity contribution in [3.8, 4) is 0 Å². The first-order chi connectivity index (χ1) is 11.7. The molecular formula is C19H22N4O. The number of anilines is 2. The highest BCUT2D eigenvalue weighted by molar-refractivity contribution is 5.74. The van der Waals surface area contributed by atoms with Gasteiger partial charge in [0.2, 0.25) is 0 Å². The summed E-state index contributed by atoms with van der Waals surface area (Å²) in [6.07, 6.45) is 7.50. The molecule has 3 rings (SSSR count). The lowest BCUT2D eigenvalue weighted by Crippen LogP contribution is -2.10. The Labute approximate surface area is 142 Å². The average Bonchev–Trinajstić information content (AvgIpc) is 3.11. The highest BCUT2D eigenvalue weighted by atomic mass is 16.7. The first-order valence-electron chi connectivity index (χ1n) is 7.70. The Balaban J connectivity index is 0.000000219. The maximum absolute atomic E-state index is 5.73. The molecule has 0 aliphatic heterocycles. The Morgan fingerprint density at radius 1 is 0.958 bits per heavy atom. The lowest BCUT2D eigenvalue weighted by atomic mass is 10.1. The molecule has 0 amide bonds. The molecule has 0 saturated carbocycles. The van der Waals surface area contributed by atoms with Gasteiger partial charge in [0.15, 0.2) is 0 Å². The quantitative estimate of drug-likeness (QED) is 0.570. The fraction of sp³-hybridized carbons (Fsp3) is 0.105. The fourth-order valence-corrected chi connectivity index (χ4v) is 1.92. The van der Waals surface area contributed by atoms with E-state index in [2.05, 4.69) is 17.2 Å². The first-order valence-corrected chi connectivity index (χ1v) is 7.70. The lowest BCUT2D eigenvalue weighted by molar-refractivity contribution is 0.0928. The van der Waals surface area contributed by atoms with Crippen LogP contribution in [0.3, 0.4) is 0 Å². The van der Waals surface area contributed by atoms with E-state index in [0.717, 1.165) is 11.1 Å². The molecule has 1 aromatic heterocycles. The Morgan fingerprint density at radius 2 is 1.71 bits per heavy atom. The highest BCUT2D eigenvalue weighted by Gasteiger charge is 1.93. The molecule has 0 spiro atoms. The maximum Gasteiger partial charge on any atom is 0.114 e. The van der Waals surface area contributed by atoms with Crippen LogP contribution in [0.2, 0.25) is 0 Å². The molecule has 0 unspecified atom stereocenters. The summed E-state index contributed by atoms with van der Waals surface area (Å²) >= 11 is 0. The van der Waals surface area contributed by atoms with Gasteiger partial charge in [-0.3, -0.25) is 0 Å². The average molecular weight is 322 g/mol. The van der Waals surface area contributed by atoms with Gasteiger partial charge in [0, 0.05) is 0 Å². The van der Waals surface area contributed by atoms with Gasteiger partial charge in [-0.15, -0.1) is 9.94 Å². The third kappa shape index (κ3) is 5.53. The zero-order valence-corrected chi connectivity index (χ0v) is 13.7. The fourth-order valence-electron chi connectivity index (χ4n) is 1.92. The molecule has 24 heavy (non-hydrogen) atoms. The summed E-state index contributed by atoms with van der Waals surface area (Å²) in [5.74, 6) is 0. The third-order valence-electron chi connectivity index (χ3n) is 3.12. The minimum atomic E-state index is 0.621. The number of hydrogen-bond donors (Lipinski definition) is 2. The van der Waals surface area contributed by atoms with Gasteiger partial charge in [-0.1, -0.05) is 48.6 Å². The van der Waals surface area contributed by atoms with E-state index in [1.54, 1.807) is 12.4 Å². The van der Waals surface area contributed by atoms with Crippen LogP contribution in [0.4, 0.5) is 11.4 Å². The van der Waals surface area contributed by atoms with Gasteiger partial charge < -0.3 is 16.3 Å². The molecule has 5 nitrogen and oxygen atoms in total. The summed E-state index contributed by atoms with van der Waals surface area (Å²) in [6, 6.07) is 17.6. The predicted octanol–water partition coefficient (Wildman–Crippen LogP) is 3.35. The number of nitrogens with zero attached hydrogens (tertiary/aromatic N) is 2. The molecular weight excluding hydrogens is 300 g/mol. The van der Waals surface area contributed by atoms with Crippen LogP contribution >= 0.6 is 0 Å². The second kappa shape index (κ2) is 9.05. The van der Waals surface area contributed by atoms with Crippen LogP contribution in [0.25, 0.3) is 12.2 Å². The van der Waals surface area contributed by atoms with Crippen LogP contribution in [-0.4, -0.2) is 16.6 Å². The van der Waals surface area contributed by atoms with Crippen molar-refractivity contribution in [3.05, 3.63) is 78.1 Å². The van der Waals surface area contributed by atoms with E-state index in [0.29, 0.717) is 18.0 Å². The van der Waals surface area contributed by atoms with Crippen LogP contribution < -0.4 is 16.3 Å². The Kier molecular flexibility index (Phi) is 6.46. The monoisotopic (exact) mass is 322 g/mol. The molecule has 0 fully saturated rings. The number of nitrogen functional groups attached to an aromatic ring is 2.